The second-order valence-corrected chi connectivity index (χ2v) is 10.5. The average Bonchev–Trinajstić information content (AvgIpc) is 2.90. The SMILES string of the molecule is CCCCCCCCC(=O)N(CC(C)C)C(CC)c1nc2ccccc2c(=O)n1-c1ccc(CC)cc1. The molecule has 0 aliphatic carbocycles. The number of carbonyl (C=O) groups excluding carboxylic acids is 1. The van der Waals surface area contributed by atoms with Gasteiger partial charge in [0.2, 0.25) is 5.91 Å². The number of para-hydroxylation sites is 1. The number of unbranched alkanes of at least 4 members (excludes halogenated alkanes) is 5. The highest BCUT2D eigenvalue weighted by Crippen LogP contribution is 2.28. The molecule has 0 saturated carbocycles. The molecule has 37 heavy (non-hydrogen) atoms. The number of carbonyl (C=O) groups is 1. The summed E-state index contributed by atoms with van der Waals surface area (Å²) in [4.78, 5) is 34.5. The highest BCUT2D eigenvalue weighted by Gasteiger charge is 2.29. The lowest BCUT2D eigenvalue weighted by atomic mass is 10.0. The molecule has 1 aromatic heterocycles. The number of hydrogen-bond donors (Lipinski definition) is 0. The van der Waals surface area contributed by atoms with Crippen molar-refractivity contribution >= 4 is 16.8 Å². The maximum Gasteiger partial charge on any atom is 0.266 e. The van der Waals surface area contributed by atoms with E-state index in [1.807, 2.05) is 41.3 Å². The van der Waals surface area contributed by atoms with E-state index in [1.165, 1.54) is 31.2 Å². The summed E-state index contributed by atoms with van der Waals surface area (Å²) in [6.45, 7) is 11.4. The molecule has 1 atom stereocenters. The molecule has 0 N–H and O–H groups in total. The van der Waals surface area contributed by atoms with Crippen LogP contribution in [0.5, 0.6) is 0 Å². The number of amides is 1. The van der Waals surface area contributed by atoms with Crippen molar-refractivity contribution in [2.75, 3.05) is 6.54 Å². The van der Waals surface area contributed by atoms with Crippen LogP contribution < -0.4 is 5.56 Å². The highest BCUT2D eigenvalue weighted by molar-refractivity contribution is 5.79. The van der Waals surface area contributed by atoms with Gasteiger partial charge in [-0.1, -0.05) is 91.0 Å². The Labute approximate surface area is 222 Å². The van der Waals surface area contributed by atoms with Crippen LogP contribution in [0.2, 0.25) is 0 Å². The predicted molar refractivity (Wildman–Crippen MR) is 154 cm³/mol. The minimum atomic E-state index is -0.279. The zero-order valence-electron chi connectivity index (χ0n) is 23.5. The van der Waals surface area contributed by atoms with Gasteiger partial charge < -0.3 is 4.90 Å². The van der Waals surface area contributed by atoms with Crippen molar-refractivity contribution in [3.63, 3.8) is 0 Å². The first-order chi connectivity index (χ1) is 17.9. The van der Waals surface area contributed by atoms with E-state index in [9.17, 15) is 9.59 Å². The predicted octanol–water partition coefficient (Wildman–Crippen LogP) is 7.63. The van der Waals surface area contributed by atoms with Crippen molar-refractivity contribution in [2.45, 2.75) is 98.4 Å². The molecule has 200 valence electrons. The van der Waals surface area contributed by atoms with Crippen LogP contribution in [0.1, 0.15) is 103 Å². The fraction of sp³-hybridized carbons (Fsp3) is 0.531. The lowest BCUT2D eigenvalue weighted by Gasteiger charge is -2.34. The number of benzene rings is 2. The minimum absolute atomic E-state index is 0.0869. The standard InChI is InChI=1S/C32H45N3O2/c1-6-9-10-11-12-13-18-30(36)34(23-24(4)5)29(8-3)31-33-28-17-15-14-16-27(28)32(37)35(31)26-21-19-25(7-2)20-22-26/h14-17,19-22,24,29H,6-13,18,23H2,1-5H3. The molecule has 5 heteroatoms. The molecular weight excluding hydrogens is 458 g/mol. The highest BCUT2D eigenvalue weighted by atomic mass is 16.2. The van der Waals surface area contributed by atoms with Crippen molar-refractivity contribution in [1.82, 2.24) is 14.5 Å². The van der Waals surface area contributed by atoms with Gasteiger partial charge in [0.1, 0.15) is 5.82 Å². The summed E-state index contributed by atoms with van der Waals surface area (Å²) in [6, 6.07) is 15.4. The van der Waals surface area contributed by atoms with Gasteiger partial charge in [-0.25, -0.2) is 4.98 Å². The molecule has 0 saturated heterocycles. The van der Waals surface area contributed by atoms with Gasteiger partial charge in [0.15, 0.2) is 0 Å². The molecular formula is C32H45N3O2. The van der Waals surface area contributed by atoms with Crippen LogP contribution in [0.25, 0.3) is 16.6 Å². The van der Waals surface area contributed by atoms with E-state index >= 15 is 0 Å². The molecule has 0 spiro atoms. The van der Waals surface area contributed by atoms with E-state index in [4.69, 9.17) is 4.98 Å². The first-order valence-corrected chi connectivity index (χ1v) is 14.3. The Morgan fingerprint density at radius 2 is 1.59 bits per heavy atom. The molecule has 1 unspecified atom stereocenters. The molecule has 1 amide bonds. The summed E-state index contributed by atoms with van der Waals surface area (Å²) in [7, 11) is 0. The van der Waals surface area contributed by atoms with Crippen LogP contribution in [0, 0.1) is 5.92 Å². The average molecular weight is 504 g/mol. The molecule has 0 bridgehead atoms. The zero-order valence-corrected chi connectivity index (χ0v) is 23.5. The number of nitrogens with zero attached hydrogens (tertiary/aromatic N) is 3. The van der Waals surface area contributed by atoms with Gasteiger partial charge in [0, 0.05) is 13.0 Å². The minimum Gasteiger partial charge on any atom is -0.332 e. The van der Waals surface area contributed by atoms with Crippen molar-refractivity contribution in [3.05, 3.63) is 70.3 Å². The van der Waals surface area contributed by atoms with Crippen LogP contribution in [-0.4, -0.2) is 26.9 Å². The summed E-state index contributed by atoms with van der Waals surface area (Å²) in [6.07, 6.45) is 9.06. The molecule has 2 aromatic carbocycles. The smallest absolute Gasteiger partial charge is 0.266 e. The van der Waals surface area contributed by atoms with Crippen molar-refractivity contribution in [1.29, 1.82) is 0 Å². The van der Waals surface area contributed by atoms with Crippen LogP contribution in [0.4, 0.5) is 0 Å². The Hall–Kier alpha value is -2.95. The maximum absolute atomic E-state index is 13.9. The molecule has 0 radical (unpaired) electrons. The number of rotatable bonds is 14. The molecule has 0 fully saturated rings. The molecule has 5 nitrogen and oxygen atoms in total. The van der Waals surface area contributed by atoms with E-state index in [-0.39, 0.29) is 17.5 Å². The lowest BCUT2D eigenvalue weighted by molar-refractivity contribution is -0.134. The van der Waals surface area contributed by atoms with Gasteiger partial charge in [-0.2, -0.15) is 0 Å². The fourth-order valence-corrected chi connectivity index (χ4v) is 5.04. The lowest BCUT2D eigenvalue weighted by Crippen LogP contribution is -2.40. The summed E-state index contributed by atoms with van der Waals surface area (Å²) >= 11 is 0. The fourth-order valence-electron chi connectivity index (χ4n) is 5.04. The number of fused-ring (bicyclic) bond motifs is 1. The third-order valence-corrected chi connectivity index (χ3v) is 7.09. The summed E-state index contributed by atoms with van der Waals surface area (Å²) in [5.41, 5.74) is 2.60. The Morgan fingerprint density at radius 3 is 2.24 bits per heavy atom. The van der Waals surface area contributed by atoms with Crippen molar-refractivity contribution in [3.8, 4) is 5.69 Å². The normalized spacial score (nSPS) is 12.3. The molecule has 0 aliphatic rings. The molecule has 3 aromatic rings. The van der Waals surface area contributed by atoms with Gasteiger partial charge in [0.25, 0.3) is 5.56 Å². The first-order valence-electron chi connectivity index (χ1n) is 14.3. The largest absolute Gasteiger partial charge is 0.332 e. The Kier molecular flexibility index (Phi) is 10.9. The number of aromatic nitrogens is 2. The Bertz CT molecular complexity index is 1200. The van der Waals surface area contributed by atoms with E-state index in [0.29, 0.717) is 42.0 Å². The summed E-state index contributed by atoms with van der Waals surface area (Å²) in [5.74, 6) is 1.12. The van der Waals surface area contributed by atoms with E-state index < -0.39 is 0 Å². The van der Waals surface area contributed by atoms with Crippen LogP contribution in [-0.2, 0) is 11.2 Å². The van der Waals surface area contributed by atoms with Crippen molar-refractivity contribution < 1.29 is 4.79 Å². The van der Waals surface area contributed by atoms with Crippen LogP contribution >= 0.6 is 0 Å². The number of aryl methyl sites for hydroxylation is 1. The van der Waals surface area contributed by atoms with Crippen molar-refractivity contribution in [2.24, 2.45) is 5.92 Å². The second-order valence-electron chi connectivity index (χ2n) is 10.5. The molecule has 3 rings (SSSR count). The third kappa shape index (κ3) is 7.30. The van der Waals surface area contributed by atoms with Gasteiger partial charge >= 0.3 is 0 Å². The molecule has 0 aliphatic heterocycles. The Morgan fingerprint density at radius 1 is 0.919 bits per heavy atom. The van der Waals surface area contributed by atoms with Crippen LogP contribution in [0.15, 0.2) is 53.3 Å². The van der Waals surface area contributed by atoms with E-state index in [2.05, 4.69) is 46.8 Å². The summed E-state index contributed by atoms with van der Waals surface area (Å²) in [5, 5.41) is 0.592. The van der Waals surface area contributed by atoms with Gasteiger partial charge in [-0.3, -0.25) is 14.2 Å². The number of hydrogen-bond acceptors (Lipinski definition) is 3. The Balaban J connectivity index is 2.04. The second kappa shape index (κ2) is 14.1. The van der Waals surface area contributed by atoms with E-state index in [1.54, 1.807) is 4.57 Å². The summed E-state index contributed by atoms with van der Waals surface area (Å²) < 4.78 is 1.74. The molecule has 1 heterocycles. The van der Waals surface area contributed by atoms with Crippen LogP contribution in [0.3, 0.4) is 0 Å². The van der Waals surface area contributed by atoms with Gasteiger partial charge in [0.05, 0.1) is 22.6 Å². The maximum atomic E-state index is 13.9. The van der Waals surface area contributed by atoms with E-state index in [0.717, 1.165) is 24.9 Å². The quantitative estimate of drug-likeness (QED) is 0.212. The third-order valence-electron chi connectivity index (χ3n) is 7.09. The van der Waals surface area contributed by atoms with Gasteiger partial charge in [-0.05, 0) is 55.0 Å². The monoisotopic (exact) mass is 503 g/mol. The zero-order chi connectivity index (χ0) is 26.8. The topological polar surface area (TPSA) is 55.2 Å². The van der Waals surface area contributed by atoms with Gasteiger partial charge in [-0.15, -0.1) is 0 Å². The first kappa shape index (κ1) is 28.6.